The molecule has 33 heavy (non-hydrogen) atoms. The number of likely N-dealkylation sites (tertiary alicyclic amines) is 1. The lowest BCUT2D eigenvalue weighted by Crippen LogP contribution is -2.42. The molecule has 2 aliphatic heterocycles. The second-order valence-electron chi connectivity index (χ2n) is 11.3. The van der Waals surface area contributed by atoms with Gasteiger partial charge in [-0.25, -0.2) is 9.59 Å². The molecule has 1 aromatic carbocycles. The van der Waals surface area contributed by atoms with Crippen LogP contribution in [0.1, 0.15) is 71.8 Å². The number of carbonyl (C=O) groups excluding carboxylic acids is 1. The standard InChI is InChI=1S/C26H38N4O3/c1-26(2,3)33-25(32)29-14-10-19(11-15-29)16-18-8-12-28(13-9-18)21-6-7-22-23(17-21)30(20-4-5-20)24(31)27-22/h6-7,17-20H,4-5,8-16H2,1-3H3,(H,27,31). The van der Waals surface area contributed by atoms with E-state index in [2.05, 4.69) is 28.1 Å². The number of fused-ring (bicyclic) bond motifs is 1. The summed E-state index contributed by atoms with van der Waals surface area (Å²) in [5, 5.41) is 0. The maximum absolute atomic E-state index is 12.3. The van der Waals surface area contributed by atoms with Gasteiger partial charge in [-0.1, -0.05) is 0 Å². The van der Waals surface area contributed by atoms with Crippen molar-refractivity contribution in [3.8, 4) is 0 Å². The summed E-state index contributed by atoms with van der Waals surface area (Å²) < 4.78 is 7.48. The number of aromatic nitrogens is 2. The fourth-order valence-electron chi connectivity index (χ4n) is 5.58. The van der Waals surface area contributed by atoms with Gasteiger partial charge in [-0.05, 0) is 95.8 Å². The molecular weight excluding hydrogens is 416 g/mol. The monoisotopic (exact) mass is 454 g/mol. The van der Waals surface area contributed by atoms with Crippen molar-refractivity contribution in [2.24, 2.45) is 11.8 Å². The van der Waals surface area contributed by atoms with E-state index in [9.17, 15) is 9.59 Å². The molecule has 5 rings (SSSR count). The van der Waals surface area contributed by atoms with E-state index < -0.39 is 5.60 Å². The average Bonchev–Trinajstić information content (AvgIpc) is 3.55. The van der Waals surface area contributed by atoms with Gasteiger partial charge < -0.3 is 19.5 Å². The first kappa shape index (κ1) is 22.4. The third kappa shape index (κ3) is 5.07. The van der Waals surface area contributed by atoms with Crippen LogP contribution in [0.5, 0.6) is 0 Å². The summed E-state index contributed by atoms with van der Waals surface area (Å²) in [7, 11) is 0. The van der Waals surface area contributed by atoms with Crippen LogP contribution >= 0.6 is 0 Å². The van der Waals surface area contributed by atoms with Crippen LogP contribution in [-0.2, 0) is 4.74 Å². The Kier molecular flexibility index (Phi) is 5.91. The first-order valence-corrected chi connectivity index (χ1v) is 12.7. The van der Waals surface area contributed by atoms with Gasteiger partial charge >= 0.3 is 11.8 Å². The van der Waals surface area contributed by atoms with Crippen molar-refractivity contribution in [1.82, 2.24) is 14.5 Å². The summed E-state index contributed by atoms with van der Waals surface area (Å²) in [6, 6.07) is 6.81. The van der Waals surface area contributed by atoms with E-state index in [4.69, 9.17) is 4.74 Å². The molecule has 7 heteroatoms. The third-order valence-corrected chi connectivity index (χ3v) is 7.53. The zero-order valence-corrected chi connectivity index (χ0v) is 20.3. The van der Waals surface area contributed by atoms with E-state index in [1.54, 1.807) is 0 Å². The fourth-order valence-corrected chi connectivity index (χ4v) is 5.58. The van der Waals surface area contributed by atoms with Crippen molar-refractivity contribution in [2.45, 2.75) is 77.4 Å². The van der Waals surface area contributed by atoms with Gasteiger partial charge in [-0.15, -0.1) is 0 Å². The van der Waals surface area contributed by atoms with Crippen LogP contribution in [0.25, 0.3) is 11.0 Å². The summed E-state index contributed by atoms with van der Waals surface area (Å²) in [5.74, 6) is 1.48. The van der Waals surface area contributed by atoms with Crippen LogP contribution in [0.3, 0.4) is 0 Å². The molecule has 0 radical (unpaired) electrons. The quantitative estimate of drug-likeness (QED) is 0.712. The van der Waals surface area contributed by atoms with Gasteiger partial charge in [-0.3, -0.25) is 4.57 Å². The second kappa shape index (κ2) is 8.73. The van der Waals surface area contributed by atoms with Crippen LogP contribution in [0.15, 0.2) is 23.0 Å². The molecule has 1 N–H and O–H groups in total. The first-order valence-electron chi connectivity index (χ1n) is 12.7. The molecule has 1 aliphatic carbocycles. The minimum Gasteiger partial charge on any atom is -0.444 e. The number of rotatable bonds is 4. The molecule has 1 aromatic heterocycles. The van der Waals surface area contributed by atoms with Gasteiger partial charge in [0.1, 0.15) is 5.60 Å². The largest absolute Gasteiger partial charge is 0.444 e. The predicted molar refractivity (Wildman–Crippen MR) is 131 cm³/mol. The van der Waals surface area contributed by atoms with Crippen LogP contribution in [-0.4, -0.2) is 52.3 Å². The number of H-pyrrole nitrogens is 1. The number of hydrogen-bond acceptors (Lipinski definition) is 4. The number of amides is 1. The first-order chi connectivity index (χ1) is 15.8. The number of anilines is 1. The maximum atomic E-state index is 12.3. The smallest absolute Gasteiger partial charge is 0.410 e. The molecule has 1 saturated carbocycles. The number of aromatic amines is 1. The Morgan fingerprint density at radius 3 is 2.24 bits per heavy atom. The van der Waals surface area contributed by atoms with Gasteiger partial charge in [0.15, 0.2) is 0 Å². The Labute approximate surface area is 196 Å². The molecule has 3 fully saturated rings. The van der Waals surface area contributed by atoms with E-state index in [0.717, 1.165) is 68.8 Å². The van der Waals surface area contributed by atoms with Gasteiger partial charge in [-0.2, -0.15) is 0 Å². The highest BCUT2D eigenvalue weighted by Gasteiger charge is 2.30. The van der Waals surface area contributed by atoms with Gasteiger partial charge in [0.2, 0.25) is 0 Å². The number of piperidine rings is 2. The van der Waals surface area contributed by atoms with Gasteiger partial charge in [0.05, 0.1) is 11.0 Å². The normalized spacial score (nSPS) is 21.1. The lowest BCUT2D eigenvalue weighted by atomic mass is 9.83. The molecule has 3 aliphatic rings. The van der Waals surface area contributed by atoms with Crippen molar-refractivity contribution in [1.29, 1.82) is 0 Å². The molecule has 0 atom stereocenters. The lowest BCUT2D eigenvalue weighted by Gasteiger charge is -2.37. The Balaban J connectivity index is 1.12. The number of hydrogen-bond donors (Lipinski definition) is 1. The Bertz CT molecular complexity index is 1050. The summed E-state index contributed by atoms with van der Waals surface area (Å²) in [6.07, 6.45) is 7.93. The third-order valence-electron chi connectivity index (χ3n) is 7.53. The maximum Gasteiger partial charge on any atom is 0.410 e. The van der Waals surface area contributed by atoms with Crippen molar-refractivity contribution in [2.75, 3.05) is 31.1 Å². The molecule has 3 heterocycles. The number of imidazole rings is 1. The zero-order chi connectivity index (χ0) is 23.2. The summed E-state index contributed by atoms with van der Waals surface area (Å²) in [6.45, 7) is 9.55. The van der Waals surface area contributed by atoms with Crippen LogP contribution in [0.4, 0.5) is 10.5 Å². The summed E-state index contributed by atoms with van der Waals surface area (Å²) in [5.41, 5.74) is 2.84. The molecular formula is C26H38N4O3. The van der Waals surface area contributed by atoms with E-state index >= 15 is 0 Å². The zero-order valence-electron chi connectivity index (χ0n) is 20.3. The lowest BCUT2D eigenvalue weighted by molar-refractivity contribution is 0.0174. The molecule has 180 valence electrons. The Morgan fingerprint density at radius 1 is 1.00 bits per heavy atom. The van der Waals surface area contributed by atoms with E-state index in [1.165, 1.54) is 24.9 Å². The number of ether oxygens (including phenoxy) is 1. The minimum atomic E-state index is -0.428. The van der Waals surface area contributed by atoms with Crippen LogP contribution < -0.4 is 10.6 Å². The van der Waals surface area contributed by atoms with E-state index in [0.29, 0.717) is 12.0 Å². The van der Waals surface area contributed by atoms with Gasteiger partial charge in [0.25, 0.3) is 0 Å². The number of benzene rings is 1. The number of nitrogens with one attached hydrogen (secondary N) is 1. The molecule has 7 nitrogen and oxygen atoms in total. The van der Waals surface area contributed by atoms with Crippen LogP contribution in [0.2, 0.25) is 0 Å². The van der Waals surface area contributed by atoms with Crippen molar-refractivity contribution < 1.29 is 9.53 Å². The van der Waals surface area contributed by atoms with Crippen LogP contribution in [0, 0.1) is 11.8 Å². The number of nitrogens with zero attached hydrogens (tertiary/aromatic N) is 3. The molecule has 0 spiro atoms. The van der Waals surface area contributed by atoms with E-state index in [1.807, 2.05) is 30.2 Å². The summed E-state index contributed by atoms with van der Waals surface area (Å²) >= 11 is 0. The topological polar surface area (TPSA) is 70.6 Å². The predicted octanol–water partition coefficient (Wildman–Crippen LogP) is 4.92. The number of carbonyl (C=O) groups is 1. The molecule has 1 amide bonds. The van der Waals surface area contributed by atoms with Gasteiger partial charge in [0, 0.05) is 37.9 Å². The second-order valence-corrected chi connectivity index (χ2v) is 11.3. The van der Waals surface area contributed by atoms with E-state index in [-0.39, 0.29) is 11.8 Å². The Hall–Kier alpha value is -2.44. The SMILES string of the molecule is CC(C)(C)OC(=O)N1CCC(CC2CCN(c3ccc4[nH]c(=O)n(C5CC5)c4c3)CC2)CC1. The summed E-state index contributed by atoms with van der Waals surface area (Å²) in [4.78, 5) is 32.0. The minimum absolute atomic E-state index is 0.0288. The van der Waals surface area contributed by atoms with Crippen molar-refractivity contribution in [3.05, 3.63) is 28.7 Å². The fraction of sp³-hybridized carbons (Fsp3) is 0.692. The molecule has 0 unspecified atom stereocenters. The highest BCUT2D eigenvalue weighted by Crippen LogP contribution is 2.37. The highest BCUT2D eigenvalue weighted by molar-refractivity contribution is 5.80. The molecule has 2 saturated heterocycles. The Morgan fingerprint density at radius 2 is 1.64 bits per heavy atom. The van der Waals surface area contributed by atoms with Crippen molar-refractivity contribution >= 4 is 22.8 Å². The average molecular weight is 455 g/mol. The van der Waals surface area contributed by atoms with Crippen molar-refractivity contribution in [3.63, 3.8) is 0 Å². The highest BCUT2D eigenvalue weighted by atomic mass is 16.6. The molecule has 2 aromatic rings. The molecule has 0 bridgehead atoms.